The number of nitrogens with zero attached hydrogens (tertiary/aromatic N) is 1. The number of hydrogen-bond acceptors (Lipinski definition) is 7. The van der Waals surface area contributed by atoms with Gasteiger partial charge in [-0.15, -0.1) is 0 Å². The molecule has 3 aromatic carbocycles. The fourth-order valence-corrected chi connectivity index (χ4v) is 4.01. The average Bonchev–Trinajstić information content (AvgIpc) is 3.43. The molecule has 5 rings (SSSR count). The second-order valence-electron chi connectivity index (χ2n) is 8.09. The zero-order chi connectivity index (χ0) is 25.9. The number of carbonyl (C=O) groups is 5. The Bertz CT molecular complexity index is 1490. The second-order valence-corrected chi connectivity index (χ2v) is 8.09. The van der Waals surface area contributed by atoms with Gasteiger partial charge in [0.05, 0.1) is 24.1 Å². The highest BCUT2D eigenvalue weighted by molar-refractivity contribution is 6.35. The van der Waals surface area contributed by atoms with Crippen molar-refractivity contribution >= 4 is 46.2 Å². The Balaban J connectivity index is 1.20. The molecule has 0 saturated carbocycles. The van der Waals surface area contributed by atoms with Crippen molar-refractivity contribution < 1.29 is 33.1 Å². The Labute approximate surface area is 209 Å². The fraction of sp³-hybridized carbons (Fsp3) is 0.0741. The van der Waals surface area contributed by atoms with Crippen molar-refractivity contribution in [3.05, 3.63) is 102 Å². The number of benzene rings is 3. The van der Waals surface area contributed by atoms with Crippen molar-refractivity contribution in [2.24, 2.45) is 0 Å². The van der Waals surface area contributed by atoms with Gasteiger partial charge in [0.15, 0.2) is 6.61 Å². The van der Waals surface area contributed by atoms with E-state index < -0.39 is 36.3 Å². The second kappa shape index (κ2) is 9.78. The van der Waals surface area contributed by atoms with Crippen molar-refractivity contribution in [2.45, 2.75) is 6.54 Å². The Morgan fingerprint density at radius 2 is 1.51 bits per heavy atom. The molecule has 0 unspecified atom stereocenters. The van der Waals surface area contributed by atoms with E-state index in [1.807, 2.05) is 17.4 Å². The molecule has 0 atom stereocenters. The third-order valence-corrected chi connectivity index (χ3v) is 5.72. The number of imide groups is 2. The lowest BCUT2D eigenvalue weighted by Gasteiger charge is -2.27. The van der Waals surface area contributed by atoms with Crippen LogP contribution in [-0.4, -0.2) is 36.3 Å². The van der Waals surface area contributed by atoms with Crippen LogP contribution in [0.15, 0.2) is 83.5 Å². The summed E-state index contributed by atoms with van der Waals surface area (Å²) in [6.45, 7) is -0.598. The van der Waals surface area contributed by atoms with Crippen LogP contribution in [0.25, 0.3) is 10.8 Å². The van der Waals surface area contributed by atoms with Crippen LogP contribution in [0.1, 0.15) is 36.8 Å². The van der Waals surface area contributed by atoms with Crippen LogP contribution < -0.4 is 15.5 Å². The Morgan fingerprint density at radius 3 is 2.14 bits per heavy atom. The van der Waals surface area contributed by atoms with Gasteiger partial charge in [0.1, 0.15) is 5.76 Å². The first-order valence-corrected chi connectivity index (χ1v) is 11.2. The minimum Gasteiger partial charge on any atom is -0.467 e. The van der Waals surface area contributed by atoms with Gasteiger partial charge in [-0.05, 0) is 53.9 Å². The van der Waals surface area contributed by atoms with Gasteiger partial charge in [0.2, 0.25) is 0 Å². The lowest BCUT2D eigenvalue weighted by atomic mass is 9.94. The molecule has 184 valence electrons. The minimum absolute atomic E-state index is 0.0843. The molecule has 1 aliphatic heterocycles. The van der Waals surface area contributed by atoms with Crippen molar-refractivity contribution in [3.63, 3.8) is 0 Å². The van der Waals surface area contributed by atoms with Crippen molar-refractivity contribution in [2.75, 3.05) is 11.5 Å². The summed E-state index contributed by atoms with van der Waals surface area (Å²) in [5.74, 6) is -2.06. The molecule has 1 aliphatic rings. The predicted molar refractivity (Wildman–Crippen MR) is 131 cm³/mol. The third kappa shape index (κ3) is 4.67. The molecule has 0 saturated heterocycles. The maximum Gasteiger partial charge on any atom is 0.338 e. The highest BCUT2D eigenvalue weighted by Crippen LogP contribution is 2.32. The van der Waals surface area contributed by atoms with E-state index in [4.69, 9.17) is 9.15 Å². The topological polar surface area (TPSA) is 135 Å². The number of amides is 5. The summed E-state index contributed by atoms with van der Waals surface area (Å²) in [7, 11) is 0. The Hall–Kier alpha value is -5.25. The van der Waals surface area contributed by atoms with E-state index in [-0.39, 0.29) is 17.8 Å². The summed E-state index contributed by atoms with van der Waals surface area (Å²) in [6, 6.07) is 18.7. The SMILES string of the molecule is O=C(COC(=O)c1ccc(N2C(=O)c3cccc4cccc(c34)C2=O)cc1)NC(=O)NCc1ccco1. The van der Waals surface area contributed by atoms with Crippen LogP contribution in [0, 0.1) is 0 Å². The normalized spacial score (nSPS) is 12.4. The fourth-order valence-electron chi connectivity index (χ4n) is 4.01. The van der Waals surface area contributed by atoms with Crippen LogP contribution in [0.3, 0.4) is 0 Å². The van der Waals surface area contributed by atoms with Gasteiger partial charge >= 0.3 is 12.0 Å². The minimum atomic E-state index is -0.820. The average molecular weight is 497 g/mol. The summed E-state index contributed by atoms with van der Waals surface area (Å²) in [6.07, 6.45) is 1.45. The van der Waals surface area contributed by atoms with Gasteiger partial charge in [-0.2, -0.15) is 0 Å². The number of carbonyl (C=O) groups excluding carboxylic acids is 5. The van der Waals surface area contributed by atoms with E-state index in [0.717, 1.165) is 10.3 Å². The van der Waals surface area contributed by atoms with Gasteiger partial charge in [-0.1, -0.05) is 24.3 Å². The van der Waals surface area contributed by atoms with Crippen LogP contribution in [0.2, 0.25) is 0 Å². The molecule has 10 nitrogen and oxygen atoms in total. The zero-order valence-electron chi connectivity index (χ0n) is 19.2. The molecule has 0 fully saturated rings. The summed E-state index contributed by atoms with van der Waals surface area (Å²) >= 11 is 0. The largest absolute Gasteiger partial charge is 0.467 e. The number of ether oxygens (including phenoxy) is 1. The third-order valence-electron chi connectivity index (χ3n) is 5.72. The molecular weight excluding hydrogens is 478 g/mol. The summed E-state index contributed by atoms with van der Waals surface area (Å²) in [5.41, 5.74) is 1.20. The molecule has 10 heteroatoms. The number of nitrogens with one attached hydrogen (secondary N) is 2. The van der Waals surface area contributed by atoms with E-state index in [0.29, 0.717) is 22.3 Å². The molecular formula is C27H19N3O7. The number of furan rings is 1. The highest BCUT2D eigenvalue weighted by atomic mass is 16.5. The van der Waals surface area contributed by atoms with Gasteiger partial charge in [0, 0.05) is 16.5 Å². The van der Waals surface area contributed by atoms with E-state index in [1.165, 1.54) is 30.5 Å². The van der Waals surface area contributed by atoms with E-state index in [2.05, 4.69) is 5.32 Å². The number of hydrogen-bond donors (Lipinski definition) is 2. The predicted octanol–water partition coefficient (Wildman–Crippen LogP) is 3.42. The molecule has 0 spiro atoms. The first-order chi connectivity index (χ1) is 17.9. The molecule has 5 amide bonds. The summed E-state index contributed by atoms with van der Waals surface area (Å²) in [5, 5.41) is 5.88. The molecule has 1 aromatic heterocycles. The monoisotopic (exact) mass is 497 g/mol. The Morgan fingerprint density at radius 1 is 0.838 bits per heavy atom. The molecule has 2 heterocycles. The van der Waals surface area contributed by atoms with E-state index in [9.17, 15) is 24.0 Å². The lowest BCUT2D eigenvalue weighted by molar-refractivity contribution is -0.123. The van der Waals surface area contributed by atoms with Crippen LogP contribution >= 0.6 is 0 Å². The number of anilines is 1. The maximum atomic E-state index is 13.1. The summed E-state index contributed by atoms with van der Waals surface area (Å²) < 4.78 is 10.0. The number of urea groups is 1. The first-order valence-electron chi connectivity index (χ1n) is 11.2. The molecule has 37 heavy (non-hydrogen) atoms. The summed E-state index contributed by atoms with van der Waals surface area (Å²) in [4.78, 5) is 63.4. The standard InChI is InChI=1S/C27H19N3O7/c31-22(29-27(35)28-14-19-6-3-13-36-19)15-37-26(34)17-9-11-18(12-10-17)30-24(32)20-7-1-4-16-5-2-8-21(23(16)20)25(30)33/h1-13H,14-15H2,(H2,28,29,31,35). The van der Waals surface area contributed by atoms with Gasteiger partial charge in [-0.3, -0.25) is 19.7 Å². The lowest BCUT2D eigenvalue weighted by Crippen LogP contribution is -2.41. The van der Waals surface area contributed by atoms with Crippen LogP contribution in [0.5, 0.6) is 0 Å². The maximum absolute atomic E-state index is 13.1. The van der Waals surface area contributed by atoms with Gasteiger partial charge in [0.25, 0.3) is 17.7 Å². The van der Waals surface area contributed by atoms with Crippen LogP contribution in [0.4, 0.5) is 10.5 Å². The smallest absolute Gasteiger partial charge is 0.338 e. The molecule has 0 aliphatic carbocycles. The van der Waals surface area contributed by atoms with Crippen LogP contribution in [-0.2, 0) is 16.1 Å². The quantitative estimate of drug-likeness (QED) is 0.308. The number of rotatable bonds is 6. The molecule has 0 radical (unpaired) electrons. The number of esters is 1. The molecule has 2 N–H and O–H groups in total. The zero-order valence-corrected chi connectivity index (χ0v) is 19.2. The van der Waals surface area contributed by atoms with Crippen molar-refractivity contribution in [3.8, 4) is 0 Å². The van der Waals surface area contributed by atoms with E-state index >= 15 is 0 Å². The molecule has 4 aromatic rings. The van der Waals surface area contributed by atoms with E-state index in [1.54, 1.807) is 36.4 Å². The van der Waals surface area contributed by atoms with Crippen molar-refractivity contribution in [1.82, 2.24) is 10.6 Å². The van der Waals surface area contributed by atoms with Gasteiger partial charge in [-0.25, -0.2) is 14.5 Å². The van der Waals surface area contributed by atoms with Crippen molar-refractivity contribution in [1.29, 1.82) is 0 Å². The Kier molecular flexibility index (Phi) is 6.21. The molecule has 0 bridgehead atoms. The van der Waals surface area contributed by atoms with Gasteiger partial charge < -0.3 is 14.5 Å². The first kappa shape index (κ1) is 23.5. The highest BCUT2D eigenvalue weighted by Gasteiger charge is 2.33.